The molecule has 7 heteroatoms. The van der Waals surface area contributed by atoms with Gasteiger partial charge in [-0.2, -0.15) is 4.98 Å². The van der Waals surface area contributed by atoms with E-state index in [1.54, 1.807) is 11.8 Å². The fraction of sp³-hybridized carbons (Fsp3) is 0.400. The van der Waals surface area contributed by atoms with E-state index >= 15 is 0 Å². The van der Waals surface area contributed by atoms with Crippen LogP contribution in [-0.4, -0.2) is 33.0 Å². The largest absolute Gasteiger partial charge is 0.496 e. The van der Waals surface area contributed by atoms with Gasteiger partial charge in [0, 0.05) is 5.92 Å². The first kappa shape index (κ1) is 14.4. The molecule has 0 radical (unpaired) electrons. The quantitative estimate of drug-likeness (QED) is 0.891. The van der Waals surface area contributed by atoms with Crippen molar-refractivity contribution in [3.63, 3.8) is 0 Å². The first-order chi connectivity index (χ1) is 10.5. The average molecular weight is 302 g/mol. The van der Waals surface area contributed by atoms with E-state index in [9.17, 15) is 9.90 Å². The number of nitrogen functional groups attached to an aromatic ring is 1. The summed E-state index contributed by atoms with van der Waals surface area (Å²) in [6, 6.07) is 5.91. The third kappa shape index (κ3) is 2.38. The number of carboxylic acids is 1. The molecule has 2 unspecified atom stereocenters. The summed E-state index contributed by atoms with van der Waals surface area (Å²) in [6.45, 7) is 2.54. The van der Waals surface area contributed by atoms with Gasteiger partial charge in [-0.1, -0.05) is 17.7 Å². The molecule has 0 fully saturated rings. The number of benzene rings is 1. The van der Waals surface area contributed by atoms with Crippen molar-refractivity contribution in [1.82, 2.24) is 14.8 Å². The SMILES string of the molecule is COc1ccc(C)cc1C1CC(C(=O)O)c2nc(N)nn2C1. The Labute approximate surface area is 127 Å². The lowest BCUT2D eigenvalue weighted by molar-refractivity contribution is -0.139. The molecule has 3 N–H and O–H groups in total. The Bertz CT molecular complexity index is 726. The van der Waals surface area contributed by atoms with Gasteiger partial charge in [0.05, 0.1) is 13.7 Å². The monoisotopic (exact) mass is 302 g/mol. The number of aryl methyl sites for hydroxylation is 1. The zero-order chi connectivity index (χ0) is 15.9. The minimum atomic E-state index is -0.912. The van der Waals surface area contributed by atoms with Crippen LogP contribution in [0.4, 0.5) is 5.95 Å². The van der Waals surface area contributed by atoms with E-state index in [-0.39, 0.29) is 11.9 Å². The topological polar surface area (TPSA) is 103 Å². The third-order valence-electron chi connectivity index (χ3n) is 4.07. The molecule has 0 saturated heterocycles. The number of fused-ring (bicyclic) bond motifs is 1. The average Bonchev–Trinajstić information content (AvgIpc) is 2.85. The van der Waals surface area contributed by atoms with Crippen LogP contribution in [0, 0.1) is 6.92 Å². The highest BCUT2D eigenvalue weighted by Gasteiger charge is 2.36. The molecule has 0 saturated carbocycles. The molecule has 0 bridgehead atoms. The third-order valence-corrected chi connectivity index (χ3v) is 4.07. The number of hydrogen-bond acceptors (Lipinski definition) is 5. The molecule has 22 heavy (non-hydrogen) atoms. The van der Waals surface area contributed by atoms with Gasteiger partial charge in [-0.3, -0.25) is 4.79 Å². The Hall–Kier alpha value is -2.57. The lowest BCUT2D eigenvalue weighted by Crippen LogP contribution is -2.28. The smallest absolute Gasteiger partial charge is 0.314 e. The molecule has 2 aromatic rings. The molecule has 1 aliphatic heterocycles. The van der Waals surface area contributed by atoms with Crippen LogP contribution >= 0.6 is 0 Å². The van der Waals surface area contributed by atoms with Crippen LogP contribution in [0.2, 0.25) is 0 Å². The molecule has 1 aromatic carbocycles. The van der Waals surface area contributed by atoms with E-state index in [1.165, 1.54) is 0 Å². The summed E-state index contributed by atoms with van der Waals surface area (Å²) in [5.41, 5.74) is 7.72. The Morgan fingerprint density at radius 1 is 1.50 bits per heavy atom. The minimum Gasteiger partial charge on any atom is -0.496 e. The van der Waals surface area contributed by atoms with E-state index in [0.717, 1.165) is 16.9 Å². The predicted molar refractivity (Wildman–Crippen MR) is 79.9 cm³/mol. The first-order valence-corrected chi connectivity index (χ1v) is 7.07. The van der Waals surface area contributed by atoms with Crippen molar-refractivity contribution in [3.05, 3.63) is 35.2 Å². The number of nitrogens with zero attached hydrogens (tertiary/aromatic N) is 3. The van der Waals surface area contributed by atoms with Crippen molar-refractivity contribution in [2.24, 2.45) is 0 Å². The van der Waals surface area contributed by atoms with Crippen LogP contribution in [0.5, 0.6) is 5.75 Å². The van der Waals surface area contributed by atoms with Crippen LogP contribution in [0.15, 0.2) is 18.2 Å². The summed E-state index contributed by atoms with van der Waals surface area (Å²) in [5, 5.41) is 13.6. The van der Waals surface area contributed by atoms with Crippen LogP contribution in [-0.2, 0) is 11.3 Å². The maximum atomic E-state index is 11.6. The lowest BCUT2D eigenvalue weighted by Gasteiger charge is -2.28. The van der Waals surface area contributed by atoms with E-state index in [4.69, 9.17) is 10.5 Å². The number of rotatable bonds is 3. The van der Waals surface area contributed by atoms with Crippen molar-refractivity contribution in [3.8, 4) is 5.75 Å². The first-order valence-electron chi connectivity index (χ1n) is 7.07. The van der Waals surface area contributed by atoms with E-state index in [0.29, 0.717) is 18.8 Å². The number of aliphatic carboxylic acids is 1. The molecule has 0 amide bonds. The number of carbonyl (C=O) groups is 1. The molecule has 2 heterocycles. The molecule has 0 aliphatic carbocycles. The highest BCUT2D eigenvalue weighted by atomic mass is 16.5. The number of anilines is 1. The number of aromatic nitrogens is 3. The second-order valence-corrected chi connectivity index (χ2v) is 5.58. The number of methoxy groups -OCH3 is 1. The Morgan fingerprint density at radius 3 is 2.95 bits per heavy atom. The lowest BCUT2D eigenvalue weighted by atomic mass is 9.84. The second kappa shape index (κ2) is 5.32. The summed E-state index contributed by atoms with van der Waals surface area (Å²) in [4.78, 5) is 15.6. The maximum absolute atomic E-state index is 11.6. The van der Waals surface area contributed by atoms with Crippen LogP contribution in [0.3, 0.4) is 0 Å². The minimum absolute atomic E-state index is 0.00968. The van der Waals surface area contributed by atoms with E-state index in [2.05, 4.69) is 10.1 Å². The van der Waals surface area contributed by atoms with Gasteiger partial charge in [-0.25, -0.2) is 4.68 Å². The van der Waals surface area contributed by atoms with Crippen LogP contribution in [0.1, 0.15) is 35.2 Å². The second-order valence-electron chi connectivity index (χ2n) is 5.58. The van der Waals surface area contributed by atoms with Gasteiger partial charge in [-0.15, -0.1) is 5.10 Å². The number of hydrogen-bond donors (Lipinski definition) is 2. The van der Waals surface area contributed by atoms with Crippen LogP contribution in [0.25, 0.3) is 0 Å². The van der Waals surface area contributed by atoms with Gasteiger partial charge in [-0.05, 0) is 25.0 Å². The molecule has 116 valence electrons. The molecule has 7 nitrogen and oxygen atoms in total. The van der Waals surface area contributed by atoms with Gasteiger partial charge < -0.3 is 15.6 Å². The zero-order valence-corrected chi connectivity index (χ0v) is 12.5. The number of carboxylic acid groups (broad SMARTS) is 1. The van der Waals surface area contributed by atoms with Crippen molar-refractivity contribution >= 4 is 11.9 Å². The Morgan fingerprint density at radius 2 is 2.27 bits per heavy atom. The van der Waals surface area contributed by atoms with Gasteiger partial charge in [0.25, 0.3) is 0 Å². The van der Waals surface area contributed by atoms with Crippen molar-refractivity contribution in [2.45, 2.75) is 31.7 Å². The van der Waals surface area contributed by atoms with Crippen molar-refractivity contribution in [1.29, 1.82) is 0 Å². The molecule has 3 rings (SSSR count). The Kier molecular flexibility index (Phi) is 3.48. The standard InChI is InChI=1S/C15H18N4O3/c1-8-3-4-12(22-2)10(5-8)9-6-11(14(20)21)13-17-15(16)18-19(13)7-9/h3-5,9,11H,6-7H2,1-2H3,(H2,16,18)(H,20,21). The summed E-state index contributed by atoms with van der Waals surface area (Å²) in [7, 11) is 1.62. The van der Waals surface area contributed by atoms with Gasteiger partial charge in [0.2, 0.25) is 5.95 Å². The fourth-order valence-corrected chi connectivity index (χ4v) is 3.05. The molecular formula is C15H18N4O3. The summed E-state index contributed by atoms with van der Waals surface area (Å²) in [5.74, 6) is -0.342. The number of nitrogens with two attached hydrogens (primary N) is 1. The highest BCUT2D eigenvalue weighted by Crippen LogP contribution is 2.39. The zero-order valence-electron chi connectivity index (χ0n) is 12.5. The highest BCUT2D eigenvalue weighted by molar-refractivity contribution is 5.75. The van der Waals surface area contributed by atoms with Crippen molar-refractivity contribution < 1.29 is 14.6 Å². The number of ether oxygens (including phenoxy) is 1. The van der Waals surface area contributed by atoms with E-state index in [1.807, 2.05) is 25.1 Å². The molecule has 1 aliphatic rings. The van der Waals surface area contributed by atoms with Crippen LogP contribution < -0.4 is 10.5 Å². The molecule has 2 atom stereocenters. The maximum Gasteiger partial charge on any atom is 0.314 e. The van der Waals surface area contributed by atoms with Gasteiger partial charge >= 0.3 is 5.97 Å². The summed E-state index contributed by atoms with van der Waals surface area (Å²) < 4.78 is 7.03. The van der Waals surface area contributed by atoms with Gasteiger partial charge in [0.15, 0.2) is 0 Å². The normalized spacial score (nSPS) is 20.5. The van der Waals surface area contributed by atoms with Crippen molar-refractivity contribution in [2.75, 3.05) is 12.8 Å². The van der Waals surface area contributed by atoms with Gasteiger partial charge in [0.1, 0.15) is 17.5 Å². The summed E-state index contributed by atoms with van der Waals surface area (Å²) in [6.07, 6.45) is 0.452. The molecule has 1 aromatic heterocycles. The predicted octanol–water partition coefficient (Wildman–Crippen LogP) is 1.53. The Balaban J connectivity index is 2.04. The molecular weight excluding hydrogens is 284 g/mol. The summed E-state index contributed by atoms with van der Waals surface area (Å²) >= 11 is 0. The fourth-order valence-electron chi connectivity index (χ4n) is 3.05. The van der Waals surface area contributed by atoms with E-state index < -0.39 is 11.9 Å². The molecule has 0 spiro atoms.